The summed E-state index contributed by atoms with van der Waals surface area (Å²) in [6.45, 7) is 6.35. The highest BCUT2D eigenvalue weighted by Gasteiger charge is 2.20. The lowest BCUT2D eigenvalue weighted by molar-refractivity contribution is 0.953. The molecule has 0 N–H and O–H groups in total. The minimum Gasteiger partial charge on any atom is -0.309 e. The normalized spacial score (nSPS) is 11.8. The molecule has 0 spiro atoms. The second-order valence-electron chi connectivity index (χ2n) is 15.7. The predicted octanol–water partition coefficient (Wildman–Crippen LogP) is 14.4. The molecule has 12 aromatic rings. The van der Waals surface area contributed by atoms with Crippen molar-refractivity contribution in [2.45, 2.75) is 6.92 Å². The predicted molar refractivity (Wildman–Crippen MR) is 266 cm³/mol. The number of allylic oxidation sites excluding steroid dienone is 1. The Hall–Kier alpha value is -8.33. The largest absolute Gasteiger partial charge is 0.309 e. The van der Waals surface area contributed by atoms with Gasteiger partial charge in [0.05, 0.1) is 33.6 Å². The molecule has 6 heterocycles. The minimum atomic E-state index is 0.560. The molecule has 0 fully saturated rings. The standard InChI is InChI=1S/C56H37N7S/c1-3-14-48-40(4-2)42-31-37(23-26-50(42)62(48)39-25-28-52-44(33-39)45-34-57-30-29-53(45)64-52)46-20-13-21-47(58-46)38-24-27-51-43(32-38)41-19-11-12-22-49(41)63(51)56-60-54(35-15-7-5-8-16-35)59-55(61-56)36-17-9-6-10-18-36/h3-34H,2H2,1H3/b14-3-. The lowest BCUT2D eigenvalue weighted by Gasteiger charge is -2.11. The lowest BCUT2D eigenvalue weighted by Crippen LogP contribution is -2.06. The molecular weight excluding hydrogens is 803 g/mol. The summed E-state index contributed by atoms with van der Waals surface area (Å²) in [4.78, 5) is 24.9. The molecule has 0 amide bonds. The van der Waals surface area contributed by atoms with Crippen molar-refractivity contribution >= 4 is 76.4 Å². The van der Waals surface area contributed by atoms with E-state index in [1.807, 2.05) is 79.1 Å². The molecule has 0 unspecified atom stereocenters. The Balaban J connectivity index is 0.967. The molecule has 0 saturated carbocycles. The summed E-state index contributed by atoms with van der Waals surface area (Å²) in [6, 6.07) is 56.9. The van der Waals surface area contributed by atoms with E-state index in [0.717, 1.165) is 83.3 Å². The van der Waals surface area contributed by atoms with Crippen molar-refractivity contribution in [3.63, 3.8) is 0 Å². The molecule has 302 valence electrons. The lowest BCUT2D eigenvalue weighted by atomic mass is 10.0. The zero-order chi connectivity index (χ0) is 42.7. The second kappa shape index (κ2) is 15.2. The number of aromatic nitrogens is 7. The Bertz CT molecular complexity index is 3760. The van der Waals surface area contributed by atoms with E-state index in [1.54, 1.807) is 11.3 Å². The van der Waals surface area contributed by atoms with Gasteiger partial charge < -0.3 is 4.57 Å². The molecule has 7 nitrogen and oxygen atoms in total. The van der Waals surface area contributed by atoms with E-state index in [1.165, 1.54) is 20.2 Å². The second-order valence-corrected chi connectivity index (χ2v) is 16.8. The first kappa shape index (κ1) is 37.4. The van der Waals surface area contributed by atoms with Crippen LogP contribution < -0.4 is 0 Å². The van der Waals surface area contributed by atoms with Crippen LogP contribution in [0.25, 0.3) is 122 Å². The fourth-order valence-electron chi connectivity index (χ4n) is 9.06. The van der Waals surface area contributed by atoms with Crippen molar-refractivity contribution in [2.24, 2.45) is 0 Å². The zero-order valence-corrected chi connectivity index (χ0v) is 35.5. The maximum absolute atomic E-state index is 5.31. The van der Waals surface area contributed by atoms with Crippen LogP contribution in [0, 0.1) is 0 Å². The number of pyridine rings is 2. The Morgan fingerprint density at radius 2 is 1.14 bits per heavy atom. The summed E-state index contributed by atoms with van der Waals surface area (Å²) >= 11 is 1.80. The van der Waals surface area contributed by atoms with Crippen molar-refractivity contribution in [3.8, 4) is 56.9 Å². The van der Waals surface area contributed by atoms with E-state index in [2.05, 4.69) is 143 Å². The first-order valence-electron chi connectivity index (χ1n) is 21.2. The van der Waals surface area contributed by atoms with Crippen molar-refractivity contribution < 1.29 is 0 Å². The van der Waals surface area contributed by atoms with E-state index >= 15 is 0 Å². The monoisotopic (exact) mass is 839 g/mol. The average molecular weight is 840 g/mol. The molecule has 6 aromatic carbocycles. The summed E-state index contributed by atoms with van der Waals surface area (Å²) < 4.78 is 6.97. The topological polar surface area (TPSA) is 74.3 Å². The number of thiophene rings is 1. The van der Waals surface area contributed by atoms with Crippen molar-refractivity contribution in [2.75, 3.05) is 0 Å². The van der Waals surface area contributed by atoms with Gasteiger partial charge >= 0.3 is 0 Å². The highest BCUT2D eigenvalue weighted by Crippen LogP contribution is 2.40. The third-order valence-corrected chi connectivity index (χ3v) is 13.1. The van der Waals surface area contributed by atoms with E-state index in [9.17, 15) is 0 Å². The first-order chi connectivity index (χ1) is 31.6. The SMILES string of the molecule is C=Cc1c(/C=C\C)n(-c2ccc3sc4ccncc4c3c2)c2ccc(-c3cccc(-c4ccc5c(c4)c4ccccc4n5-c4nc(-c5ccccc5)nc(-c5ccccc5)n4)n3)cc12. The summed E-state index contributed by atoms with van der Waals surface area (Å²) in [5, 5.41) is 5.68. The minimum absolute atomic E-state index is 0.560. The Morgan fingerprint density at radius 1 is 0.500 bits per heavy atom. The molecule has 12 rings (SSSR count). The fourth-order valence-corrected chi connectivity index (χ4v) is 10.1. The van der Waals surface area contributed by atoms with Gasteiger partial charge in [-0.3, -0.25) is 9.55 Å². The van der Waals surface area contributed by atoms with Crippen LogP contribution in [0.1, 0.15) is 18.2 Å². The zero-order valence-electron chi connectivity index (χ0n) is 34.7. The molecule has 6 aromatic heterocycles. The van der Waals surface area contributed by atoms with Gasteiger partial charge in [0.1, 0.15) is 0 Å². The molecule has 0 atom stereocenters. The van der Waals surface area contributed by atoms with Gasteiger partial charge in [0.15, 0.2) is 11.6 Å². The van der Waals surface area contributed by atoms with Gasteiger partial charge in [0, 0.05) is 82.2 Å². The van der Waals surface area contributed by atoms with Gasteiger partial charge in [-0.05, 0) is 79.7 Å². The Morgan fingerprint density at radius 3 is 1.84 bits per heavy atom. The molecule has 0 radical (unpaired) electrons. The third kappa shape index (κ3) is 6.14. The Labute approximate surface area is 372 Å². The highest BCUT2D eigenvalue weighted by molar-refractivity contribution is 7.25. The molecule has 8 heteroatoms. The molecular formula is C56H37N7S. The maximum Gasteiger partial charge on any atom is 0.238 e. The van der Waals surface area contributed by atoms with Gasteiger partial charge in [-0.1, -0.05) is 116 Å². The molecule has 0 bridgehead atoms. The van der Waals surface area contributed by atoms with Crippen LogP contribution >= 0.6 is 11.3 Å². The van der Waals surface area contributed by atoms with Crippen LogP contribution in [-0.2, 0) is 0 Å². The summed E-state index contributed by atoms with van der Waals surface area (Å²) in [5.74, 6) is 1.80. The van der Waals surface area contributed by atoms with Crippen LogP contribution in [-0.4, -0.2) is 34.1 Å². The maximum atomic E-state index is 5.31. The summed E-state index contributed by atoms with van der Waals surface area (Å²) in [6.07, 6.45) is 10.1. The van der Waals surface area contributed by atoms with Gasteiger partial charge in [-0.2, -0.15) is 9.97 Å². The number of nitrogens with zero attached hydrogens (tertiary/aromatic N) is 7. The van der Waals surface area contributed by atoms with Crippen molar-refractivity contribution in [3.05, 3.63) is 200 Å². The Kier molecular flexibility index (Phi) is 8.91. The van der Waals surface area contributed by atoms with Crippen LogP contribution in [0.2, 0.25) is 0 Å². The van der Waals surface area contributed by atoms with Gasteiger partial charge in [0.25, 0.3) is 0 Å². The summed E-state index contributed by atoms with van der Waals surface area (Å²) in [5.41, 5.74) is 12.0. The van der Waals surface area contributed by atoms with Crippen LogP contribution in [0.3, 0.4) is 0 Å². The number of fused-ring (bicyclic) bond motifs is 7. The van der Waals surface area contributed by atoms with E-state index < -0.39 is 0 Å². The summed E-state index contributed by atoms with van der Waals surface area (Å²) in [7, 11) is 0. The van der Waals surface area contributed by atoms with Gasteiger partial charge in [-0.15, -0.1) is 11.3 Å². The molecule has 0 aliphatic heterocycles. The smallest absolute Gasteiger partial charge is 0.238 e. The highest BCUT2D eigenvalue weighted by atomic mass is 32.1. The number of para-hydroxylation sites is 1. The average Bonchev–Trinajstić information content (AvgIpc) is 4.01. The fraction of sp³-hybridized carbons (Fsp3) is 0.0179. The van der Waals surface area contributed by atoms with Crippen molar-refractivity contribution in [1.29, 1.82) is 0 Å². The first-order valence-corrected chi connectivity index (χ1v) is 22.0. The van der Waals surface area contributed by atoms with Gasteiger partial charge in [0.2, 0.25) is 5.95 Å². The van der Waals surface area contributed by atoms with Crippen LogP contribution in [0.5, 0.6) is 0 Å². The number of hydrogen-bond acceptors (Lipinski definition) is 6. The van der Waals surface area contributed by atoms with Crippen LogP contribution in [0.4, 0.5) is 0 Å². The van der Waals surface area contributed by atoms with Gasteiger partial charge in [-0.25, -0.2) is 9.97 Å². The van der Waals surface area contributed by atoms with E-state index in [4.69, 9.17) is 19.9 Å². The van der Waals surface area contributed by atoms with Crippen LogP contribution in [0.15, 0.2) is 189 Å². The number of rotatable bonds is 8. The quantitative estimate of drug-likeness (QED) is 0.152. The molecule has 0 aliphatic rings. The number of benzene rings is 6. The number of hydrogen-bond donors (Lipinski definition) is 0. The van der Waals surface area contributed by atoms with E-state index in [-0.39, 0.29) is 0 Å². The van der Waals surface area contributed by atoms with Crippen molar-refractivity contribution in [1.82, 2.24) is 34.1 Å². The molecule has 0 saturated heterocycles. The third-order valence-electron chi connectivity index (χ3n) is 12.0. The molecule has 64 heavy (non-hydrogen) atoms. The van der Waals surface area contributed by atoms with E-state index in [0.29, 0.717) is 17.6 Å². The molecule has 0 aliphatic carbocycles.